The Kier molecular flexibility index (Phi) is 3.67. The van der Waals surface area contributed by atoms with Crippen LogP contribution in [0.1, 0.15) is 44.6 Å². The Labute approximate surface area is 129 Å². The van der Waals surface area contributed by atoms with Crippen LogP contribution in [0.4, 0.5) is 0 Å². The third-order valence-corrected chi connectivity index (χ3v) is 3.96. The maximum Gasteiger partial charge on any atom is 0.150 e. The number of hydrogen-bond acceptors (Lipinski definition) is 3. The van der Waals surface area contributed by atoms with Crippen LogP contribution in [-0.2, 0) is 6.42 Å². The fourth-order valence-electron chi connectivity index (χ4n) is 2.83. The molecule has 0 radical (unpaired) electrons. The molecule has 0 amide bonds. The second-order valence-electron chi connectivity index (χ2n) is 5.17. The summed E-state index contributed by atoms with van der Waals surface area (Å²) in [4.78, 5) is 15.3. The Morgan fingerprint density at radius 3 is 2.95 bits per heavy atom. The van der Waals surface area contributed by atoms with Gasteiger partial charge >= 0.3 is 0 Å². The zero-order valence-corrected chi connectivity index (χ0v) is 12.0. The summed E-state index contributed by atoms with van der Waals surface area (Å²) in [6.45, 7) is 4.15. The van der Waals surface area contributed by atoms with Gasteiger partial charge in [0, 0.05) is 23.5 Å². The van der Waals surface area contributed by atoms with Crippen molar-refractivity contribution in [1.29, 1.82) is 5.26 Å². The molecule has 0 unspecified atom stereocenters. The fourth-order valence-corrected chi connectivity index (χ4v) is 2.83. The summed E-state index contributed by atoms with van der Waals surface area (Å²) < 4.78 is 0. The normalized spacial score (nSPS) is 12.3. The summed E-state index contributed by atoms with van der Waals surface area (Å²) in [7, 11) is 0. The molecule has 0 saturated carbocycles. The van der Waals surface area contributed by atoms with Crippen molar-refractivity contribution in [3.05, 3.63) is 76.6 Å². The highest BCUT2D eigenvalue weighted by Gasteiger charge is 2.17. The summed E-state index contributed by atoms with van der Waals surface area (Å²) in [5, 5.41) is 9.27. The number of carbonyl (C=O) groups is 1. The number of aldehydes is 1. The van der Waals surface area contributed by atoms with E-state index in [1.807, 2.05) is 18.2 Å². The molecular weight excluding hydrogens is 272 g/mol. The summed E-state index contributed by atoms with van der Waals surface area (Å²) in [5.41, 5.74) is 5.78. The highest BCUT2D eigenvalue weighted by molar-refractivity contribution is 5.92. The van der Waals surface area contributed by atoms with Crippen molar-refractivity contribution in [3.63, 3.8) is 0 Å². The molecule has 0 fully saturated rings. The molecule has 2 aromatic rings. The fraction of sp³-hybridized carbons (Fsp3) is 0.105. The average molecular weight is 286 g/mol. The van der Waals surface area contributed by atoms with Crippen molar-refractivity contribution < 1.29 is 4.79 Å². The van der Waals surface area contributed by atoms with Crippen molar-refractivity contribution in [1.82, 2.24) is 4.98 Å². The van der Waals surface area contributed by atoms with Gasteiger partial charge in [-0.1, -0.05) is 24.8 Å². The van der Waals surface area contributed by atoms with Gasteiger partial charge in [0.1, 0.15) is 0 Å². The van der Waals surface area contributed by atoms with E-state index in [4.69, 9.17) is 0 Å². The molecule has 106 valence electrons. The van der Waals surface area contributed by atoms with Crippen molar-refractivity contribution in [2.75, 3.05) is 0 Å². The molecule has 1 aromatic carbocycles. The number of aromatic nitrogens is 1. The number of allylic oxidation sites excluding steroid dienone is 1. The van der Waals surface area contributed by atoms with Crippen molar-refractivity contribution >= 4 is 17.9 Å². The van der Waals surface area contributed by atoms with Crippen molar-refractivity contribution in [2.45, 2.75) is 12.8 Å². The van der Waals surface area contributed by atoms with Crippen LogP contribution < -0.4 is 0 Å². The molecule has 0 saturated heterocycles. The molecular formula is C19H14N2O. The topological polar surface area (TPSA) is 53.8 Å². The highest BCUT2D eigenvalue weighted by atomic mass is 16.1. The van der Waals surface area contributed by atoms with Crippen LogP contribution in [0.15, 0.2) is 43.2 Å². The van der Waals surface area contributed by atoms with Gasteiger partial charge in [-0.05, 0) is 47.2 Å². The number of carbonyl (C=O) groups excluding carboxylic acids is 1. The van der Waals surface area contributed by atoms with E-state index in [9.17, 15) is 10.1 Å². The van der Waals surface area contributed by atoms with Gasteiger partial charge < -0.3 is 0 Å². The van der Waals surface area contributed by atoms with Crippen LogP contribution in [0.3, 0.4) is 0 Å². The SMILES string of the molecule is C=C(c1cnccc1C=O)c1ccc(C#N)c2c1C=CCC2. The summed E-state index contributed by atoms with van der Waals surface area (Å²) in [6, 6.07) is 7.66. The first-order valence-electron chi connectivity index (χ1n) is 7.07. The minimum atomic E-state index is 0.567. The van der Waals surface area contributed by atoms with E-state index in [1.54, 1.807) is 18.5 Å². The van der Waals surface area contributed by atoms with E-state index in [1.165, 1.54) is 0 Å². The van der Waals surface area contributed by atoms with Gasteiger partial charge in [-0.15, -0.1) is 0 Å². The second-order valence-corrected chi connectivity index (χ2v) is 5.17. The number of nitriles is 1. The van der Waals surface area contributed by atoms with Gasteiger partial charge in [-0.3, -0.25) is 9.78 Å². The number of hydrogen-bond donors (Lipinski definition) is 0. The Bertz CT molecular complexity index is 841. The van der Waals surface area contributed by atoms with Gasteiger partial charge in [0.05, 0.1) is 11.6 Å². The lowest BCUT2D eigenvalue weighted by atomic mass is 9.85. The number of nitrogens with zero attached hydrogens (tertiary/aromatic N) is 2. The molecule has 1 heterocycles. The molecule has 0 N–H and O–H groups in total. The predicted octanol–water partition coefficient (Wildman–Crippen LogP) is 3.79. The van der Waals surface area contributed by atoms with Gasteiger partial charge in [0.2, 0.25) is 0 Å². The molecule has 1 aliphatic rings. The molecule has 0 spiro atoms. The predicted molar refractivity (Wildman–Crippen MR) is 86.3 cm³/mol. The first-order chi connectivity index (χ1) is 10.8. The standard InChI is InChI=1S/C19H14N2O/c1-13(19-11-21-9-8-15(19)12-22)16-7-6-14(10-20)17-4-2-3-5-18(16)17/h3,5-9,11-12H,1-2,4H2. The maximum absolute atomic E-state index is 11.2. The Morgan fingerprint density at radius 1 is 1.32 bits per heavy atom. The Balaban J connectivity index is 2.18. The molecule has 0 aliphatic heterocycles. The molecule has 0 atom stereocenters. The van der Waals surface area contributed by atoms with E-state index in [0.29, 0.717) is 11.1 Å². The van der Waals surface area contributed by atoms with Gasteiger partial charge in [0.15, 0.2) is 6.29 Å². The van der Waals surface area contributed by atoms with Crippen LogP contribution in [0.5, 0.6) is 0 Å². The second kappa shape index (κ2) is 5.79. The first kappa shape index (κ1) is 14.0. The largest absolute Gasteiger partial charge is 0.298 e. The summed E-state index contributed by atoms with van der Waals surface area (Å²) in [6.07, 6.45) is 9.99. The Morgan fingerprint density at radius 2 is 2.18 bits per heavy atom. The quantitative estimate of drug-likeness (QED) is 0.807. The third-order valence-electron chi connectivity index (χ3n) is 3.96. The average Bonchev–Trinajstić information content (AvgIpc) is 2.60. The molecule has 22 heavy (non-hydrogen) atoms. The van der Waals surface area contributed by atoms with Gasteiger partial charge in [-0.25, -0.2) is 0 Å². The maximum atomic E-state index is 11.2. The number of rotatable bonds is 3. The van der Waals surface area contributed by atoms with E-state index < -0.39 is 0 Å². The summed E-state index contributed by atoms with van der Waals surface area (Å²) >= 11 is 0. The third kappa shape index (κ3) is 2.25. The molecule has 0 bridgehead atoms. The molecule has 3 rings (SSSR count). The van der Waals surface area contributed by atoms with E-state index in [2.05, 4.69) is 23.7 Å². The molecule has 3 heteroatoms. The zero-order chi connectivity index (χ0) is 15.5. The molecule has 3 nitrogen and oxygen atoms in total. The lowest BCUT2D eigenvalue weighted by Gasteiger charge is -2.18. The zero-order valence-electron chi connectivity index (χ0n) is 12.0. The van der Waals surface area contributed by atoms with Crippen LogP contribution in [0, 0.1) is 11.3 Å². The van der Waals surface area contributed by atoms with E-state index in [-0.39, 0.29) is 0 Å². The van der Waals surface area contributed by atoms with Crippen LogP contribution in [0.25, 0.3) is 11.6 Å². The van der Waals surface area contributed by atoms with Gasteiger partial charge in [-0.2, -0.15) is 5.26 Å². The monoisotopic (exact) mass is 286 g/mol. The first-order valence-corrected chi connectivity index (χ1v) is 7.07. The van der Waals surface area contributed by atoms with E-state index >= 15 is 0 Å². The Hall–Kier alpha value is -2.99. The van der Waals surface area contributed by atoms with Crippen LogP contribution in [-0.4, -0.2) is 11.3 Å². The molecule has 1 aliphatic carbocycles. The minimum absolute atomic E-state index is 0.567. The smallest absolute Gasteiger partial charge is 0.150 e. The lowest BCUT2D eigenvalue weighted by molar-refractivity contribution is 0.112. The summed E-state index contributed by atoms with van der Waals surface area (Å²) in [5.74, 6) is 0. The van der Waals surface area contributed by atoms with Crippen molar-refractivity contribution in [2.24, 2.45) is 0 Å². The number of pyridine rings is 1. The highest BCUT2D eigenvalue weighted by Crippen LogP contribution is 2.33. The number of benzene rings is 1. The van der Waals surface area contributed by atoms with Crippen molar-refractivity contribution in [3.8, 4) is 6.07 Å². The van der Waals surface area contributed by atoms with Crippen LogP contribution in [0.2, 0.25) is 0 Å². The van der Waals surface area contributed by atoms with Crippen LogP contribution >= 0.6 is 0 Å². The molecule has 1 aromatic heterocycles. The lowest BCUT2D eigenvalue weighted by Crippen LogP contribution is -2.03. The van der Waals surface area contributed by atoms with Gasteiger partial charge in [0.25, 0.3) is 0 Å². The van der Waals surface area contributed by atoms with E-state index in [0.717, 1.165) is 47.0 Å². The minimum Gasteiger partial charge on any atom is -0.298 e. The number of fused-ring (bicyclic) bond motifs is 1.